The number of halogens is 44. The fraction of sp³-hybridized carbons (Fsp3) is 1.00. The predicted molar refractivity (Wildman–Crippen MR) is 135 cm³/mol. The van der Waals surface area contributed by atoms with Crippen molar-refractivity contribution in [2.45, 2.75) is 89.1 Å². The molecule has 44 heteroatoms. The van der Waals surface area contributed by atoms with Gasteiger partial charge in [-0.3, -0.25) is 18.8 Å². The zero-order valence-corrected chi connectivity index (χ0v) is 16.8. The van der Waals surface area contributed by atoms with Gasteiger partial charge in [-0.05, 0) is 0 Å². The maximum Gasteiger partial charge on any atom is 0 e. The van der Waals surface area contributed by atoms with Crippen molar-refractivity contribution in [3.63, 3.8) is 0 Å². The largest absolute Gasteiger partial charge is 0.269 e. The zero-order chi connectivity index (χ0) is 40.0. The van der Waals surface area contributed by atoms with E-state index in [0.29, 0.717) is 0 Å². The van der Waals surface area contributed by atoms with E-state index in [-0.39, 0.29) is 108 Å². The summed E-state index contributed by atoms with van der Waals surface area (Å²) in [5, 5.41) is 0. The van der Waals surface area contributed by atoms with Crippen molar-refractivity contribution in [3.8, 4) is 0 Å². The van der Waals surface area contributed by atoms with Gasteiger partial charge < -0.3 is 0 Å². The minimum Gasteiger partial charge on any atom is -0.269 e. The van der Waals surface area contributed by atoms with Crippen LogP contribution in [0.5, 0.6) is 0 Å². The minimum absolute atomic E-state index is 0. The quantitative estimate of drug-likeness (QED) is 0.212. The van der Waals surface area contributed by atoms with Gasteiger partial charge in [0.1, 0.15) is 0 Å². The Morgan fingerprint density at radius 3 is 0.0714 bits per heavy atom. The van der Waals surface area contributed by atoms with Gasteiger partial charge >= 0.3 is 0 Å². The van der Waals surface area contributed by atoms with E-state index in [1.807, 2.05) is 0 Å². The third-order valence-corrected chi connectivity index (χ3v) is 0. The van der Waals surface area contributed by atoms with Crippen molar-refractivity contribution in [2.75, 3.05) is 0 Å². The monoisotopic (exact) mass is 1030 g/mol. The van der Waals surface area contributed by atoms with Gasteiger partial charge in [-0.15, -0.1) is 0 Å². The Kier molecular flexibility index (Phi) is 126000. The van der Waals surface area contributed by atoms with Gasteiger partial charge in [0.2, 0.25) is 0 Å². The van der Waals surface area contributed by atoms with Crippen molar-refractivity contribution < 1.29 is 202 Å². The van der Waals surface area contributed by atoms with Crippen LogP contribution in [0.4, 0.5) is 202 Å². The number of hydrogen-bond donors (Lipinski definition) is 0. The standard InChI is InChI=1S/12CH4.20F2.4FH/c;;;;;;;;;;;;20*1-2;;;;/h12*1H4;;;;;;;;;;;;;;;;;;;;;4*1H. The van der Waals surface area contributed by atoms with E-state index >= 15 is 0 Å². The van der Waals surface area contributed by atoms with Crippen LogP contribution in [0.1, 0.15) is 89.1 Å². The lowest BCUT2D eigenvalue weighted by atomic mass is 12.0. The number of rotatable bonds is 0. The lowest BCUT2D eigenvalue weighted by molar-refractivity contribution is 0.108. The second kappa shape index (κ2) is 14200. The third-order valence-electron chi connectivity index (χ3n) is 0. The van der Waals surface area contributed by atoms with Crippen LogP contribution in [-0.2, 0) is 0 Å². The molecule has 0 aromatic carbocycles. The molecule has 0 unspecified atom stereocenters. The van der Waals surface area contributed by atoms with E-state index in [1.54, 1.807) is 0 Å². The Morgan fingerprint density at radius 1 is 0.0714 bits per heavy atom. The van der Waals surface area contributed by atoms with Crippen molar-refractivity contribution in [2.24, 2.45) is 0 Å². The summed E-state index contributed by atoms with van der Waals surface area (Å²) in [6.07, 6.45) is 0. The summed E-state index contributed by atoms with van der Waals surface area (Å²) in [7, 11) is 0. The first kappa shape index (κ1) is 498. The summed E-state index contributed by atoms with van der Waals surface area (Å²) in [4.78, 5) is 0. The van der Waals surface area contributed by atoms with Gasteiger partial charge in [0.15, 0.2) is 0 Å². The molecule has 0 amide bonds. The first-order valence-electron chi connectivity index (χ1n) is 2.86. The highest BCUT2D eigenvalue weighted by molar-refractivity contribution is 2.52. The molecule has 0 radical (unpaired) electrons. The molecule has 56 heavy (non-hydrogen) atoms. The van der Waals surface area contributed by atoms with Gasteiger partial charge in [0, 0.05) is 183 Å². The van der Waals surface area contributed by atoms with E-state index in [1.165, 1.54) is 0 Å². The maximum atomic E-state index is 8.00. The van der Waals surface area contributed by atoms with Crippen molar-refractivity contribution >= 4 is 0 Å². The minimum atomic E-state index is 0. The van der Waals surface area contributed by atoms with Crippen LogP contribution in [0.25, 0.3) is 0 Å². The van der Waals surface area contributed by atoms with E-state index in [0.717, 1.165) is 0 Å². The average molecular weight is 1030 g/mol. The Balaban J connectivity index is -0.00000000218. The number of hydrogen-bond acceptors (Lipinski definition) is 0. The molecule has 0 saturated heterocycles. The van der Waals surface area contributed by atoms with Gasteiger partial charge in [-0.2, -0.15) is 0 Å². The molecule has 0 aromatic rings. The summed E-state index contributed by atoms with van der Waals surface area (Å²) in [6.45, 7) is 0. The highest BCUT2D eigenvalue weighted by Crippen LogP contribution is 1.46. The molecule has 0 saturated carbocycles. The fourth-order valence-corrected chi connectivity index (χ4v) is 0. The Morgan fingerprint density at radius 2 is 0.0714 bits per heavy atom. The SMILES string of the molecule is C.C.C.C.C.C.C.C.C.C.C.C.F.F.F.F.FF.FF.FF.FF.FF.FF.FF.FF.FF.FF.FF.FF.FF.FF.FF.FF.FF.FF.FF.FF. The fourth-order valence-electron chi connectivity index (χ4n) is 0. The third kappa shape index (κ3) is 13400. The molecule has 0 fully saturated rings. The molecule has 0 nitrogen and oxygen atoms in total. The summed E-state index contributed by atoms with van der Waals surface area (Å²) < 4.78 is 320. The normalized spacial score (nSPS) is 2.14. The van der Waals surface area contributed by atoms with E-state index in [2.05, 4.69) is 0 Å². The molecule has 0 aliphatic rings. The van der Waals surface area contributed by atoms with E-state index in [4.69, 9.17) is 183 Å². The summed E-state index contributed by atoms with van der Waals surface area (Å²) in [6, 6.07) is 0. The molecule has 0 aromatic heterocycles. The highest BCUT2D eigenvalue weighted by atomic mass is 20.0. The van der Waals surface area contributed by atoms with Crippen LogP contribution in [0, 0.1) is 0 Å². The van der Waals surface area contributed by atoms with Gasteiger partial charge in [-0.25, -0.2) is 0 Å². The van der Waals surface area contributed by atoms with E-state index < -0.39 is 0 Å². The molecule has 0 aliphatic carbocycles. The summed E-state index contributed by atoms with van der Waals surface area (Å²) in [5.41, 5.74) is 0. The first-order valence-corrected chi connectivity index (χ1v) is 2.86. The maximum absolute atomic E-state index is 8.00. The van der Waals surface area contributed by atoms with Crippen LogP contribution in [-0.4, -0.2) is 0 Å². The second-order valence-electron chi connectivity index (χ2n) is 0. The van der Waals surface area contributed by atoms with Crippen LogP contribution in [0.2, 0.25) is 0 Å². The molecule has 0 rings (SSSR count). The molecule has 0 heterocycles. The van der Waals surface area contributed by atoms with Crippen LogP contribution >= 0.6 is 0 Å². The van der Waals surface area contributed by atoms with Crippen molar-refractivity contribution in [3.05, 3.63) is 0 Å². The molecule has 0 N–H and O–H groups in total. The van der Waals surface area contributed by atoms with Gasteiger partial charge in [-0.1, -0.05) is 89.1 Å². The molecular formula is C12H52F44. The molecule has 0 bridgehead atoms. The zero-order valence-electron chi connectivity index (χ0n) is 16.8. The van der Waals surface area contributed by atoms with Crippen LogP contribution in [0.15, 0.2) is 0 Å². The Labute approximate surface area is 293 Å². The topological polar surface area (TPSA) is 0 Å². The molecule has 0 atom stereocenters. The first-order chi connectivity index (χ1) is 20.0. The highest BCUT2D eigenvalue weighted by Gasteiger charge is 1.04. The predicted octanol–water partition coefficient (Wildman–Crippen LogP) is 25.1. The second-order valence-corrected chi connectivity index (χ2v) is 0. The van der Waals surface area contributed by atoms with E-state index in [9.17, 15) is 0 Å². The molecule has 0 spiro atoms. The molecule has 0 aliphatic heterocycles. The van der Waals surface area contributed by atoms with Crippen molar-refractivity contribution in [1.82, 2.24) is 0 Å². The smallest absolute Gasteiger partial charge is 0 e. The molecule has 408 valence electrons. The Hall–Kier alpha value is -3.08. The van der Waals surface area contributed by atoms with Crippen LogP contribution < -0.4 is 0 Å². The molecular weight excluding hydrogens is 980 g/mol. The lowest BCUT2D eigenvalue weighted by Crippen LogP contribution is -0.580. The van der Waals surface area contributed by atoms with Crippen LogP contribution in [0.3, 0.4) is 0 Å². The van der Waals surface area contributed by atoms with Gasteiger partial charge in [0.05, 0.1) is 0 Å². The van der Waals surface area contributed by atoms with Crippen molar-refractivity contribution in [1.29, 1.82) is 0 Å². The Bertz CT molecular complexity index is 42.0. The average Bonchev–Trinajstić information content (AvgIpc) is 3.21. The summed E-state index contributed by atoms with van der Waals surface area (Å²) in [5.74, 6) is 0. The lowest BCUT2D eigenvalue weighted by Gasteiger charge is -1.00. The summed E-state index contributed by atoms with van der Waals surface area (Å²) >= 11 is 0. The van der Waals surface area contributed by atoms with Gasteiger partial charge in [0.25, 0.3) is 0 Å².